The molecule has 2 aromatic rings. The van der Waals surface area contributed by atoms with Crippen LogP contribution in [0.4, 0.5) is 0 Å². The molecule has 0 bridgehead atoms. The highest BCUT2D eigenvalue weighted by Crippen LogP contribution is 2.23. The van der Waals surface area contributed by atoms with Crippen molar-refractivity contribution in [3.63, 3.8) is 0 Å². The molecule has 5 heteroatoms. The summed E-state index contributed by atoms with van der Waals surface area (Å²) in [5.41, 5.74) is 1.50. The van der Waals surface area contributed by atoms with E-state index in [1.54, 1.807) is 6.92 Å². The molecule has 0 spiro atoms. The van der Waals surface area contributed by atoms with Crippen molar-refractivity contribution in [2.24, 2.45) is 0 Å². The highest BCUT2D eigenvalue weighted by molar-refractivity contribution is 7.91. The molecule has 0 saturated heterocycles. The van der Waals surface area contributed by atoms with Crippen LogP contribution in [-0.4, -0.2) is 19.2 Å². The molecule has 4 nitrogen and oxygen atoms in total. The third kappa shape index (κ3) is 2.64. The average molecular weight is 272 g/mol. The van der Waals surface area contributed by atoms with Gasteiger partial charge in [-0.05, 0) is 11.6 Å². The van der Waals surface area contributed by atoms with Gasteiger partial charge in [0.15, 0.2) is 15.5 Å². The van der Waals surface area contributed by atoms with E-state index in [1.165, 1.54) is 12.3 Å². The number of hydrogen-bond donors (Lipinski definition) is 0. The molecule has 2 rings (SSSR count). The smallest absolute Gasteiger partial charge is 0.181 e. The Morgan fingerprint density at radius 2 is 1.89 bits per heavy atom. The van der Waals surface area contributed by atoms with Crippen LogP contribution in [0, 0.1) is 11.3 Å². The Balaban J connectivity index is 2.65. The minimum Gasteiger partial charge on any atom is -0.244 e. The Kier molecular flexibility index (Phi) is 3.63. The topological polar surface area (TPSA) is 70.8 Å². The summed E-state index contributed by atoms with van der Waals surface area (Å²) in [5, 5.41) is 8.96. The first-order valence-corrected chi connectivity index (χ1v) is 7.42. The van der Waals surface area contributed by atoms with Gasteiger partial charge in [0.05, 0.1) is 5.75 Å². The van der Waals surface area contributed by atoms with E-state index in [1.807, 2.05) is 36.4 Å². The van der Waals surface area contributed by atoms with Crippen molar-refractivity contribution < 1.29 is 8.42 Å². The fourth-order valence-electron chi connectivity index (χ4n) is 1.71. The van der Waals surface area contributed by atoms with Crippen molar-refractivity contribution >= 4 is 9.84 Å². The van der Waals surface area contributed by atoms with Gasteiger partial charge >= 0.3 is 0 Å². The van der Waals surface area contributed by atoms with Crippen LogP contribution in [0.15, 0.2) is 47.5 Å². The molecule has 0 aliphatic rings. The van der Waals surface area contributed by atoms with Crippen molar-refractivity contribution in [2.75, 3.05) is 5.75 Å². The summed E-state index contributed by atoms with van der Waals surface area (Å²) in [6.07, 6.45) is 1.52. The van der Waals surface area contributed by atoms with Gasteiger partial charge < -0.3 is 0 Å². The molecule has 0 fully saturated rings. The first-order valence-electron chi connectivity index (χ1n) is 5.77. The molecule has 0 saturated carbocycles. The van der Waals surface area contributed by atoms with Crippen LogP contribution in [0.3, 0.4) is 0 Å². The van der Waals surface area contributed by atoms with Crippen LogP contribution in [-0.2, 0) is 9.84 Å². The summed E-state index contributed by atoms with van der Waals surface area (Å²) >= 11 is 0. The minimum absolute atomic E-state index is 0.00106. The average Bonchev–Trinajstić information content (AvgIpc) is 2.47. The quantitative estimate of drug-likeness (QED) is 0.860. The second kappa shape index (κ2) is 5.21. The van der Waals surface area contributed by atoms with Crippen LogP contribution in [0.25, 0.3) is 11.1 Å². The van der Waals surface area contributed by atoms with Crippen molar-refractivity contribution in [3.8, 4) is 17.2 Å². The van der Waals surface area contributed by atoms with Crippen LogP contribution in [0.5, 0.6) is 0 Å². The second-order valence-corrected chi connectivity index (χ2v) is 6.20. The summed E-state index contributed by atoms with van der Waals surface area (Å²) < 4.78 is 23.9. The number of rotatable bonds is 3. The summed E-state index contributed by atoms with van der Waals surface area (Å²) in [6, 6.07) is 12.7. The van der Waals surface area contributed by atoms with Crippen molar-refractivity contribution in [2.45, 2.75) is 11.8 Å². The molecule has 0 aliphatic heterocycles. The van der Waals surface area contributed by atoms with Crippen molar-refractivity contribution in [1.82, 2.24) is 4.98 Å². The lowest BCUT2D eigenvalue weighted by Crippen LogP contribution is -2.07. The lowest BCUT2D eigenvalue weighted by atomic mass is 10.1. The second-order valence-electron chi connectivity index (χ2n) is 3.95. The van der Waals surface area contributed by atoms with E-state index in [9.17, 15) is 8.42 Å². The van der Waals surface area contributed by atoms with Crippen LogP contribution in [0.1, 0.15) is 12.6 Å². The van der Waals surface area contributed by atoms with Crippen molar-refractivity contribution in [3.05, 3.63) is 48.3 Å². The van der Waals surface area contributed by atoms with E-state index < -0.39 is 9.84 Å². The molecule has 19 heavy (non-hydrogen) atoms. The Hall–Kier alpha value is -2.19. The largest absolute Gasteiger partial charge is 0.244 e. The molecule has 0 amide bonds. The number of sulfone groups is 1. The fourth-order valence-corrected chi connectivity index (χ4v) is 2.72. The highest BCUT2D eigenvalue weighted by Gasteiger charge is 2.18. The third-order valence-electron chi connectivity index (χ3n) is 2.78. The van der Waals surface area contributed by atoms with Crippen LogP contribution < -0.4 is 0 Å². The van der Waals surface area contributed by atoms with E-state index in [0.29, 0.717) is 5.56 Å². The molecular formula is C14H12N2O2S. The van der Waals surface area contributed by atoms with Gasteiger partial charge in [-0.25, -0.2) is 13.4 Å². The molecule has 1 aromatic carbocycles. The van der Waals surface area contributed by atoms with E-state index in [-0.39, 0.29) is 16.3 Å². The van der Waals surface area contributed by atoms with Crippen LogP contribution in [0.2, 0.25) is 0 Å². The molecule has 1 aromatic heterocycles. The minimum atomic E-state index is -3.46. The molecule has 96 valence electrons. The van der Waals surface area contributed by atoms with Gasteiger partial charge in [0.25, 0.3) is 0 Å². The Bertz CT molecular complexity index is 732. The first-order chi connectivity index (χ1) is 9.08. The molecule has 0 aliphatic carbocycles. The van der Waals surface area contributed by atoms with Gasteiger partial charge in [0.2, 0.25) is 0 Å². The van der Waals surface area contributed by atoms with E-state index in [2.05, 4.69) is 4.98 Å². The van der Waals surface area contributed by atoms with Gasteiger partial charge in [0, 0.05) is 11.8 Å². The van der Waals surface area contributed by atoms with Gasteiger partial charge in [-0.15, -0.1) is 0 Å². The molecule has 0 atom stereocenters. The SMILES string of the molecule is CCS(=O)(=O)c1cc(-c2ccccc2)cnc1C#N. The van der Waals surface area contributed by atoms with Crippen molar-refractivity contribution in [1.29, 1.82) is 5.26 Å². The summed E-state index contributed by atoms with van der Waals surface area (Å²) in [7, 11) is -3.46. The maximum Gasteiger partial charge on any atom is 0.181 e. The zero-order valence-corrected chi connectivity index (χ0v) is 11.2. The molecular weight excluding hydrogens is 260 g/mol. The lowest BCUT2D eigenvalue weighted by Gasteiger charge is -2.06. The van der Waals surface area contributed by atoms with Gasteiger partial charge in [-0.3, -0.25) is 0 Å². The molecule has 1 heterocycles. The van der Waals surface area contributed by atoms with Crippen LogP contribution >= 0.6 is 0 Å². The van der Waals surface area contributed by atoms with Gasteiger partial charge in [0.1, 0.15) is 11.0 Å². The number of nitrogens with zero attached hydrogens (tertiary/aromatic N) is 2. The summed E-state index contributed by atoms with van der Waals surface area (Å²) in [4.78, 5) is 3.95. The van der Waals surface area contributed by atoms with Gasteiger partial charge in [-0.1, -0.05) is 37.3 Å². The molecule has 0 radical (unpaired) electrons. The number of aromatic nitrogens is 1. The maximum atomic E-state index is 12.0. The normalized spacial score (nSPS) is 10.9. The zero-order chi connectivity index (χ0) is 13.9. The maximum absolute atomic E-state index is 12.0. The predicted octanol–water partition coefficient (Wildman–Crippen LogP) is 2.41. The number of pyridine rings is 1. The highest BCUT2D eigenvalue weighted by atomic mass is 32.2. The van der Waals surface area contributed by atoms with Gasteiger partial charge in [-0.2, -0.15) is 5.26 Å². The van der Waals surface area contributed by atoms with E-state index in [0.717, 1.165) is 5.56 Å². The predicted molar refractivity (Wildman–Crippen MR) is 72.1 cm³/mol. The monoisotopic (exact) mass is 272 g/mol. The summed E-state index contributed by atoms with van der Waals surface area (Å²) in [5.74, 6) is -0.0540. The Morgan fingerprint density at radius 3 is 2.47 bits per heavy atom. The fraction of sp³-hybridized carbons (Fsp3) is 0.143. The first kappa shape index (κ1) is 13.2. The molecule has 0 N–H and O–H groups in total. The third-order valence-corrected chi connectivity index (χ3v) is 4.52. The number of benzene rings is 1. The molecule has 0 unspecified atom stereocenters. The zero-order valence-electron chi connectivity index (χ0n) is 10.4. The standard InChI is InChI=1S/C14H12N2O2S/c1-2-19(17,18)14-8-12(10-16-13(14)9-15)11-6-4-3-5-7-11/h3-8,10H,2H2,1H3. The van der Waals surface area contributed by atoms with E-state index in [4.69, 9.17) is 5.26 Å². The lowest BCUT2D eigenvalue weighted by molar-refractivity contribution is 0.596. The Labute approximate surface area is 112 Å². The van der Waals surface area contributed by atoms with E-state index >= 15 is 0 Å². The number of hydrogen-bond acceptors (Lipinski definition) is 4. The number of nitriles is 1. The Morgan fingerprint density at radius 1 is 1.21 bits per heavy atom. The summed E-state index contributed by atoms with van der Waals surface area (Å²) in [6.45, 7) is 1.55.